The van der Waals surface area contributed by atoms with Crippen LogP contribution in [0.3, 0.4) is 0 Å². The van der Waals surface area contributed by atoms with Crippen molar-refractivity contribution < 1.29 is 14.6 Å². The summed E-state index contributed by atoms with van der Waals surface area (Å²) in [4.78, 5) is 15.0. The molecule has 22 heavy (non-hydrogen) atoms. The fourth-order valence-corrected chi connectivity index (χ4v) is 2.43. The summed E-state index contributed by atoms with van der Waals surface area (Å²) in [5, 5.41) is 11.2. The number of phenolic OH excluding ortho intramolecular Hbond substituents is 1. The van der Waals surface area contributed by atoms with Crippen LogP contribution in [0, 0.1) is 0 Å². The monoisotopic (exact) mass is 335 g/mol. The van der Waals surface area contributed by atoms with Gasteiger partial charge in [-0.05, 0) is 35.9 Å². The standard InChI is InChI=1S/C16H11Cl2NO3/c17-11-5-4-9(6-12(11)18)8-22-16(21)14-7-10-13(19-14)2-1-3-15(10)20/h1-7,19-20H,8H2. The van der Waals surface area contributed by atoms with E-state index < -0.39 is 5.97 Å². The Balaban J connectivity index is 1.75. The van der Waals surface area contributed by atoms with Gasteiger partial charge in [0.15, 0.2) is 0 Å². The van der Waals surface area contributed by atoms with Crippen LogP contribution in [-0.2, 0) is 11.3 Å². The molecule has 0 saturated carbocycles. The minimum atomic E-state index is -0.512. The topological polar surface area (TPSA) is 62.3 Å². The van der Waals surface area contributed by atoms with E-state index in [4.69, 9.17) is 27.9 Å². The van der Waals surface area contributed by atoms with E-state index in [-0.39, 0.29) is 18.1 Å². The van der Waals surface area contributed by atoms with Crippen LogP contribution >= 0.6 is 23.2 Å². The van der Waals surface area contributed by atoms with Gasteiger partial charge >= 0.3 is 5.97 Å². The second-order valence-electron chi connectivity index (χ2n) is 4.75. The van der Waals surface area contributed by atoms with Crippen molar-refractivity contribution in [3.8, 4) is 5.75 Å². The molecule has 0 bridgehead atoms. The summed E-state index contributed by atoms with van der Waals surface area (Å²) in [6, 6.07) is 11.6. The van der Waals surface area contributed by atoms with Gasteiger partial charge < -0.3 is 14.8 Å². The van der Waals surface area contributed by atoms with Crippen LogP contribution in [0.2, 0.25) is 10.0 Å². The molecule has 2 aromatic carbocycles. The molecule has 6 heteroatoms. The quantitative estimate of drug-likeness (QED) is 0.691. The summed E-state index contributed by atoms with van der Waals surface area (Å²) in [5.74, 6) is -0.404. The third-order valence-corrected chi connectivity index (χ3v) is 3.95. The van der Waals surface area contributed by atoms with Crippen molar-refractivity contribution in [2.24, 2.45) is 0 Å². The van der Waals surface area contributed by atoms with Crippen LogP contribution in [0.1, 0.15) is 16.1 Å². The Morgan fingerprint density at radius 3 is 2.68 bits per heavy atom. The first kappa shape index (κ1) is 14.8. The molecule has 0 saturated heterocycles. The average molecular weight is 336 g/mol. The van der Waals surface area contributed by atoms with Gasteiger partial charge in [-0.1, -0.05) is 35.3 Å². The zero-order valence-electron chi connectivity index (χ0n) is 11.3. The molecular weight excluding hydrogens is 325 g/mol. The largest absolute Gasteiger partial charge is 0.507 e. The fraction of sp³-hybridized carbons (Fsp3) is 0.0625. The molecule has 0 fully saturated rings. The Labute approximate surface area is 136 Å². The highest BCUT2D eigenvalue weighted by Gasteiger charge is 2.13. The van der Waals surface area contributed by atoms with Gasteiger partial charge in [0.1, 0.15) is 18.1 Å². The molecule has 4 nitrogen and oxygen atoms in total. The van der Waals surface area contributed by atoms with E-state index in [9.17, 15) is 9.90 Å². The molecule has 0 spiro atoms. The molecule has 3 aromatic rings. The smallest absolute Gasteiger partial charge is 0.355 e. The molecule has 112 valence electrons. The van der Waals surface area contributed by atoms with Gasteiger partial charge in [0.25, 0.3) is 0 Å². The van der Waals surface area contributed by atoms with Crippen molar-refractivity contribution in [2.45, 2.75) is 6.61 Å². The third kappa shape index (κ3) is 2.89. The van der Waals surface area contributed by atoms with E-state index in [1.165, 1.54) is 0 Å². The molecule has 3 rings (SSSR count). The van der Waals surface area contributed by atoms with Gasteiger partial charge in [-0.2, -0.15) is 0 Å². The number of nitrogens with one attached hydrogen (secondary N) is 1. The molecule has 0 aliphatic carbocycles. The lowest BCUT2D eigenvalue weighted by Crippen LogP contribution is -2.05. The molecule has 1 heterocycles. The third-order valence-electron chi connectivity index (χ3n) is 3.21. The van der Waals surface area contributed by atoms with E-state index >= 15 is 0 Å². The summed E-state index contributed by atoms with van der Waals surface area (Å²) in [7, 11) is 0. The number of carbonyl (C=O) groups is 1. The van der Waals surface area contributed by atoms with Crippen LogP contribution in [-0.4, -0.2) is 16.1 Å². The maximum atomic E-state index is 12.1. The van der Waals surface area contributed by atoms with Crippen molar-refractivity contribution >= 4 is 40.1 Å². The molecule has 0 aliphatic rings. The highest BCUT2D eigenvalue weighted by Crippen LogP contribution is 2.26. The molecule has 0 atom stereocenters. The molecular formula is C16H11Cl2NO3. The Morgan fingerprint density at radius 2 is 1.95 bits per heavy atom. The number of aromatic amines is 1. The summed E-state index contributed by atoms with van der Waals surface area (Å²) in [6.45, 7) is 0.0804. The van der Waals surface area contributed by atoms with Crippen LogP contribution in [0.15, 0.2) is 42.5 Å². The molecule has 0 amide bonds. The number of hydrogen-bond acceptors (Lipinski definition) is 3. The van der Waals surface area contributed by atoms with Crippen LogP contribution in [0.25, 0.3) is 10.9 Å². The number of benzene rings is 2. The summed E-state index contributed by atoms with van der Waals surface area (Å²) < 4.78 is 5.22. The fourth-order valence-electron chi connectivity index (χ4n) is 2.11. The van der Waals surface area contributed by atoms with Gasteiger partial charge in [-0.15, -0.1) is 0 Å². The Morgan fingerprint density at radius 1 is 1.14 bits per heavy atom. The van der Waals surface area contributed by atoms with Crippen LogP contribution in [0.5, 0.6) is 5.75 Å². The lowest BCUT2D eigenvalue weighted by molar-refractivity contribution is 0.0467. The maximum Gasteiger partial charge on any atom is 0.355 e. The van der Waals surface area contributed by atoms with Gasteiger partial charge in [0.2, 0.25) is 0 Å². The maximum absolute atomic E-state index is 12.1. The lowest BCUT2D eigenvalue weighted by atomic mass is 10.2. The van der Waals surface area contributed by atoms with E-state index in [0.717, 1.165) is 5.56 Å². The molecule has 2 N–H and O–H groups in total. The number of H-pyrrole nitrogens is 1. The van der Waals surface area contributed by atoms with Crippen LogP contribution < -0.4 is 0 Å². The predicted octanol–water partition coefficient (Wildman–Crippen LogP) is 4.54. The number of aromatic hydroxyl groups is 1. The van der Waals surface area contributed by atoms with Crippen LogP contribution in [0.4, 0.5) is 0 Å². The first-order valence-corrected chi connectivity index (χ1v) is 7.22. The van der Waals surface area contributed by atoms with Gasteiger partial charge in [0.05, 0.1) is 10.0 Å². The van der Waals surface area contributed by atoms with E-state index in [2.05, 4.69) is 4.98 Å². The number of ether oxygens (including phenoxy) is 1. The van der Waals surface area contributed by atoms with E-state index in [0.29, 0.717) is 20.9 Å². The summed E-state index contributed by atoms with van der Waals surface area (Å²) in [5.41, 5.74) is 1.68. The highest BCUT2D eigenvalue weighted by atomic mass is 35.5. The molecule has 0 aliphatic heterocycles. The normalized spacial score (nSPS) is 10.8. The Kier molecular flexibility index (Phi) is 3.96. The van der Waals surface area contributed by atoms with Gasteiger partial charge in [-0.25, -0.2) is 4.79 Å². The van der Waals surface area contributed by atoms with Crippen molar-refractivity contribution in [1.82, 2.24) is 4.98 Å². The van der Waals surface area contributed by atoms with Crippen molar-refractivity contribution in [1.29, 1.82) is 0 Å². The number of phenols is 1. The zero-order chi connectivity index (χ0) is 15.7. The average Bonchev–Trinajstić information content (AvgIpc) is 2.94. The van der Waals surface area contributed by atoms with Gasteiger partial charge in [-0.3, -0.25) is 0 Å². The second-order valence-corrected chi connectivity index (χ2v) is 5.56. The van der Waals surface area contributed by atoms with Crippen molar-refractivity contribution in [2.75, 3.05) is 0 Å². The highest BCUT2D eigenvalue weighted by molar-refractivity contribution is 6.42. The summed E-state index contributed by atoms with van der Waals surface area (Å²) in [6.07, 6.45) is 0. The number of halogens is 2. The Hall–Kier alpha value is -2.17. The number of carbonyl (C=O) groups excluding carboxylic acids is 1. The van der Waals surface area contributed by atoms with Gasteiger partial charge in [0, 0.05) is 10.9 Å². The number of rotatable bonds is 3. The molecule has 1 aromatic heterocycles. The number of esters is 1. The minimum Gasteiger partial charge on any atom is -0.507 e. The minimum absolute atomic E-state index is 0.0804. The predicted molar refractivity (Wildman–Crippen MR) is 85.5 cm³/mol. The number of aromatic nitrogens is 1. The second kappa shape index (κ2) is 5.91. The zero-order valence-corrected chi connectivity index (χ0v) is 12.8. The first-order valence-electron chi connectivity index (χ1n) is 6.46. The number of hydrogen-bond donors (Lipinski definition) is 2. The van der Waals surface area contributed by atoms with E-state index in [1.807, 2.05) is 0 Å². The summed E-state index contributed by atoms with van der Waals surface area (Å²) >= 11 is 11.7. The molecule has 0 radical (unpaired) electrons. The Bertz CT molecular complexity index is 858. The van der Waals surface area contributed by atoms with Crippen molar-refractivity contribution in [3.63, 3.8) is 0 Å². The molecule has 0 unspecified atom stereocenters. The first-order chi connectivity index (χ1) is 10.5. The number of fused-ring (bicyclic) bond motifs is 1. The van der Waals surface area contributed by atoms with E-state index in [1.54, 1.807) is 42.5 Å². The lowest BCUT2D eigenvalue weighted by Gasteiger charge is -2.04. The SMILES string of the molecule is O=C(OCc1ccc(Cl)c(Cl)c1)c1cc2c(O)cccc2[nH]1. The van der Waals surface area contributed by atoms with Crippen molar-refractivity contribution in [3.05, 3.63) is 63.8 Å².